The lowest BCUT2D eigenvalue weighted by atomic mass is 10.4. The molecule has 24 heavy (non-hydrogen) atoms. The molecule has 11 nitrogen and oxygen atoms in total. The van der Waals surface area contributed by atoms with Crippen molar-refractivity contribution in [2.75, 3.05) is 13.6 Å². The Bertz CT molecular complexity index is 409. The number of urea groups is 3. The third-order valence-corrected chi connectivity index (χ3v) is 2.50. The Hall–Kier alpha value is -2.72. The molecule has 2 aliphatic carbocycles. The van der Waals surface area contributed by atoms with Crippen LogP contribution in [0, 0.1) is 5.92 Å². The Balaban J connectivity index is 0. The van der Waals surface area contributed by atoms with Gasteiger partial charge in [0.15, 0.2) is 0 Å². The number of hydrogen-bond donors (Lipinski definition) is 7. The Labute approximate surface area is 141 Å². The van der Waals surface area contributed by atoms with Crippen molar-refractivity contribution in [2.45, 2.75) is 38.6 Å². The largest absolute Gasteiger partial charge is 0.369 e. The van der Waals surface area contributed by atoms with Crippen LogP contribution in [-0.2, 0) is 4.79 Å². The van der Waals surface area contributed by atoms with Crippen LogP contribution < -0.4 is 38.9 Å². The fourth-order valence-electron chi connectivity index (χ4n) is 0.971. The van der Waals surface area contributed by atoms with E-state index in [1.165, 1.54) is 7.05 Å². The number of nitrogens with one attached hydrogen (secondary N) is 3. The van der Waals surface area contributed by atoms with E-state index in [1.54, 1.807) is 0 Å². The highest BCUT2D eigenvalue weighted by Crippen LogP contribution is 2.27. The summed E-state index contributed by atoms with van der Waals surface area (Å²) in [6.07, 6.45) is 4.25. The van der Waals surface area contributed by atoms with Crippen molar-refractivity contribution in [3.05, 3.63) is 0 Å². The highest BCUT2D eigenvalue weighted by atomic mass is 16.2. The van der Waals surface area contributed by atoms with Gasteiger partial charge in [-0.05, 0) is 32.6 Å². The van der Waals surface area contributed by atoms with Crippen molar-refractivity contribution < 1.29 is 19.2 Å². The van der Waals surface area contributed by atoms with Gasteiger partial charge in [-0.15, -0.1) is 0 Å². The summed E-state index contributed by atoms with van der Waals surface area (Å²) < 4.78 is 0. The van der Waals surface area contributed by atoms with E-state index in [2.05, 4.69) is 27.4 Å². The molecule has 0 aromatic carbocycles. The number of nitrogens with two attached hydrogens (primary N) is 4. The van der Waals surface area contributed by atoms with Gasteiger partial charge in [0.05, 0.1) is 0 Å². The van der Waals surface area contributed by atoms with E-state index in [-0.39, 0.29) is 11.8 Å². The fraction of sp³-hybridized carbons (Fsp3) is 0.692. The molecule has 0 atom stereocenters. The molecule has 140 valence electrons. The first-order valence-electron chi connectivity index (χ1n) is 7.49. The Morgan fingerprint density at radius 3 is 1.38 bits per heavy atom. The first-order chi connectivity index (χ1) is 11.1. The summed E-state index contributed by atoms with van der Waals surface area (Å²) in [7, 11) is 1.47. The lowest BCUT2D eigenvalue weighted by Gasteiger charge is -1.91. The van der Waals surface area contributed by atoms with Crippen molar-refractivity contribution in [1.82, 2.24) is 16.0 Å². The molecule has 0 heterocycles. The van der Waals surface area contributed by atoms with Crippen LogP contribution in [0.5, 0.6) is 0 Å². The zero-order valence-electron chi connectivity index (χ0n) is 14.1. The summed E-state index contributed by atoms with van der Waals surface area (Å²) in [6.45, 7) is 2.42. The van der Waals surface area contributed by atoms with Crippen LogP contribution in [0.4, 0.5) is 14.4 Å². The molecule has 0 aliphatic heterocycles. The third-order valence-electron chi connectivity index (χ3n) is 2.50. The first kappa shape index (κ1) is 23.5. The lowest BCUT2D eigenvalue weighted by molar-refractivity contribution is -0.119. The van der Waals surface area contributed by atoms with Gasteiger partial charge in [-0.1, -0.05) is 0 Å². The summed E-state index contributed by atoms with van der Waals surface area (Å²) in [5, 5.41) is 7.07. The van der Waals surface area contributed by atoms with Gasteiger partial charge in [0.2, 0.25) is 5.91 Å². The molecule has 0 aromatic rings. The topological polar surface area (TPSA) is 208 Å². The molecule has 0 saturated heterocycles. The van der Waals surface area contributed by atoms with E-state index in [4.69, 9.17) is 11.5 Å². The zero-order valence-corrected chi connectivity index (χ0v) is 14.1. The molecular weight excluding hydrogens is 318 g/mol. The summed E-state index contributed by atoms with van der Waals surface area (Å²) in [5.41, 5.74) is 18.8. The minimum atomic E-state index is -0.495. The second-order valence-corrected chi connectivity index (χ2v) is 4.97. The van der Waals surface area contributed by atoms with Crippen LogP contribution in [0.2, 0.25) is 0 Å². The van der Waals surface area contributed by atoms with Gasteiger partial charge in [-0.3, -0.25) is 4.79 Å². The van der Waals surface area contributed by atoms with Gasteiger partial charge >= 0.3 is 18.1 Å². The first-order valence-corrected chi connectivity index (χ1v) is 7.49. The van der Waals surface area contributed by atoms with E-state index in [9.17, 15) is 19.2 Å². The molecule has 0 aromatic heterocycles. The van der Waals surface area contributed by atoms with Gasteiger partial charge in [0, 0.05) is 25.6 Å². The second kappa shape index (κ2) is 13.9. The summed E-state index contributed by atoms with van der Waals surface area (Å²) in [5.74, 6) is 0.111. The minimum absolute atomic E-state index is 0.130. The normalized spacial score (nSPS) is 13.9. The smallest absolute Gasteiger partial charge is 0.312 e. The van der Waals surface area contributed by atoms with Crippen molar-refractivity contribution in [1.29, 1.82) is 0 Å². The van der Waals surface area contributed by atoms with Gasteiger partial charge in [0.25, 0.3) is 0 Å². The molecule has 11 heteroatoms. The molecule has 0 unspecified atom stereocenters. The number of primary amides is 4. The van der Waals surface area contributed by atoms with E-state index < -0.39 is 18.1 Å². The van der Waals surface area contributed by atoms with Crippen LogP contribution in [0.1, 0.15) is 32.6 Å². The molecule has 2 rings (SSSR count). The number of carbonyl (C=O) groups excluding carboxylic acids is 4. The molecule has 0 spiro atoms. The summed E-state index contributed by atoms with van der Waals surface area (Å²) in [4.78, 5) is 39.1. The van der Waals surface area contributed by atoms with E-state index in [1.807, 2.05) is 6.92 Å². The van der Waals surface area contributed by atoms with Gasteiger partial charge in [-0.2, -0.15) is 0 Å². The van der Waals surface area contributed by atoms with Crippen molar-refractivity contribution in [2.24, 2.45) is 28.9 Å². The van der Waals surface area contributed by atoms with Crippen molar-refractivity contribution in [3.63, 3.8) is 0 Å². The van der Waals surface area contributed by atoms with Gasteiger partial charge < -0.3 is 38.9 Å². The van der Waals surface area contributed by atoms with Crippen molar-refractivity contribution in [3.8, 4) is 0 Å². The minimum Gasteiger partial charge on any atom is -0.369 e. The van der Waals surface area contributed by atoms with Gasteiger partial charge in [-0.25, -0.2) is 14.4 Å². The molecule has 7 amide bonds. The molecule has 2 saturated carbocycles. The molecule has 2 aliphatic rings. The summed E-state index contributed by atoms with van der Waals surface area (Å²) in [6, 6.07) is -0.956. The molecule has 0 bridgehead atoms. The average molecular weight is 347 g/mol. The number of hydrogen-bond acceptors (Lipinski definition) is 4. The summed E-state index contributed by atoms with van der Waals surface area (Å²) >= 11 is 0. The van der Waals surface area contributed by atoms with Crippen LogP contribution in [0.3, 0.4) is 0 Å². The quantitative estimate of drug-likeness (QED) is 0.330. The molecule has 11 N–H and O–H groups in total. The fourth-order valence-corrected chi connectivity index (χ4v) is 0.971. The van der Waals surface area contributed by atoms with Crippen LogP contribution >= 0.6 is 0 Å². The molecule has 2 fully saturated rings. The standard InChI is InChI=1S/C4H8N2O.C4H7NO.C3H8N2O.C2H6N2O/c5-4(7)6-3-1-2-3;5-4(6)3-1-2-3;1-2-5-3(4)6;1-4-2(3)5/h3H,1-2H2,(H3,5,6,7);3H,1-2H2,(H2,5,6);2H2,1H3,(H3,4,5,6);1H3,(H3,3,4,5). The second-order valence-electron chi connectivity index (χ2n) is 4.97. The Kier molecular flexibility index (Phi) is 13.6. The third kappa shape index (κ3) is 24.3. The number of rotatable bonds is 3. The van der Waals surface area contributed by atoms with E-state index in [0.717, 1.165) is 25.7 Å². The maximum absolute atomic E-state index is 9.98. The molecular formula is C13H29N7O4. The average Bonchev–Trinajstić information content (AvgIpc) is 3.33. The van der Waals surface area contributed by atoms with Crippen LogP contribution in [0.25, 0.3) is 0 Å². The Morgan fingerprint density at radius 1 is 0.875 bits per heavy atom. The zero-order chi connectivity index (χ0) is 19.1. The maximum Gasteiger partial charge on any atom is 0.312 e. The highest BCUT2D eigenvalue weighted by Gasteiger charge is 2.26. The van der Waals surface area contributed by atoms with Crippen LogP contribution in [-0.4, -0.2) is 43.6 Å². The van der Waals surface area contributed by atoms with E-state index in [0.29, 0.717) is 12.6 Å². The predicted molar refractivity (Wildman–Crippen MR) is 89.6 cm³/mol. The Morgan fingerprint density at radius 2 is 1.33 bits per heavy atom. The van der Waals surface area contributed by atoms with E-state index >= 15 is 0 Å². The van der Waals surface area contributed by atoms with Gasteiger partial charge in [0.1, 0.15) is 0 Å². The predicted octanol–water partition coefficient (Wildman–Crippen LogP) is -1.34. The van der Waals surface area contributed by atoms with Crippen LogP contribution in [0.15, 0.2) is 0 Å². The molecule has 0 radical (unpaired) electrons. The SMILES string of the molecule is CCNC(N)=O.CNC(N)=O.NC(=O)C1CC1.NC(=O)NC1CC1. The van der Waals surface area contributed by atoms with Crippen molar-refractivity contribution >= 4 is 24.0 Å². The lowest BCUT2D eigenvalue weighted by Crippen LogP contribution is -2.30. The number of carbonyl (C=O) groups is 4. The monoisotopic (exact) mass is 347 g/mol. The highest BCUT2D eigenvalue weighted by molar-refractivity contribution is 5.78. The maximum atomic E-state index is 9.98. The number of amides is 7.